The van der Waals surface area contributed by atoms with E-state index in [1.54, 1.807) is 0 Å². The predicted octanol–water partition coefficient (Wildman–Crippen LogP) is 2.80. The van der Waals surface area contributed by atoms with Crippen LogP contribution < -0.4 is 5.32 Å². The van der Waals surface area contributed by atoms with Crippen molar-refractivity contribution in [2.45, 2.75) is 63.9 Å². The summed E-state index contributed by atoms with van der Waals surface area (Å²) in [5.74, 6) is 0. The first-order valence-corrected chi connectivity index (χ1v) is 8.91. The van der Waals surface area contributed by atoms with Gasteiger partial charge in [0.1, 0.15) is 0 Å². The van der Waals surface area contributed by atoms with E-state index in [2.05, 4.69) is 10.2 Å². The van der Waals surface area contributed by atoms with E-state index in [1.165, 1.54) is 77.4 Å². The second kappa shape index (κ2) is 7.24. The Morgan fingerprint density at radius 1 is 1.00 bits per heavy atom. The van der Waals surface area contributed by atoms with Crippen LogP contribution >= 0.6 is 0 Å². The molecule has 1 unspecified atom stereocenters. The van der Waals surface area contributed by atoms with E-state index >= 15 is 0 Å². The maximum atomic E-state index is 5.64. The largest absolute Gasteiger partial charge is 0.377 e. The first kappa shape index (κ1) is 14.8. The first-order chi connectivity index (χ1) is 9.86. The molecule has 116 valence electrons. The average Bonchev–Trinajstić information content (AvgIpc) is 3.00. The smallest absolute Gasteiger partial charge is 0.0700 e. The number of likely N-dealkylation sites (tertiary alicyclic amines) is 1. The lowest BCUT2D eigenvalue weighted by atomic mass is 9.68. The van der Waals surface area contributed by atoms with Gasteiger partial charge in [-0.1, -0.05) is 19.3 Å². The molecule has 1 N–H and O–H groups in total. The summed E-state index contributed by atoms with van der Waals surface area (Å²) in [5, 5.41) is 3.58. The third kappa shape index (κ3) is 3.96. The number of nitrogens with zero attached hydrogens (tertiary/aromatic N) is 1. The zero-order valence-corrected chi connectivity index (χ0v) is 13.0. The van der Waals surface area contributed by atoms with Crippen molar-refractivity contribution in [1.82, 2.24) is 10.2 Å². The van der Waals surface area contributed by atoms with Crippen LogP contribution in [0.1, 0.15) is 57.8 Å². The van der Waals surface area contributed by atoms with Crippen molar-refractivity contribution >= 4 is 0 Å². The van der Waals surface area contributed by atoms with Crippen LogP contribution in [0.5, 0.6) is 0 Å². The lowest BCUT2D eigenvalue weighted by Gasteiger charge is -2.44. The van der Waals surface area contributed by atoms with Crippen LogP contribution in [0.2, 0.25) is 0 Å². The molecule has 2 aliphatic heterocycles. The van der Waals surface area contributed by atoms with Gasteiger partial charge in [0.2, 0.25) is 0 Å². The van der Waals surface area contributed by atoms with E-state index < -0.39 is 0 Å². The van der Waals surface area contributed by atoms with Crippen LogP contribution in [0.25, 0.3) is 0 Å². The fourth-order valence-corrected chi connectivity index (χ4v) is 4.36. The summed E-state index contributed by atoms with van der Waals surface area (Å²) < 4.78 is 5.64. The lowest BCUT2D eigenvalue weighted by molar-refractivity contribution is 0.0670. The third-order valence-corrected chi connectivity index (χ3v) is 5.83. The van der Waals surface area contributed by atoms with Crippen molar-refractivity contribution in [2.75, 3.05) is 39.3 Å². The van der Waals surface area contributed by atoms with Crippen molar-refractivity contribution in [1.29, 1.82) is 0 Å². The molecule has 0 aromatic carbocycles. The summed E-state index contributed by atoms with van der Waals surface area (Å²) in [6.07, 6.45) is 13.4. The van der Waals surface area contributed by atoms with Gasteiger partial charge in [-0.3, -0.25) is 0 Å². The highest BCUT2D eigenvalue weighted by Gasteiger charge is 2.35. The Labute approximate surface area is 124 Å². The summed E-state index contributed by atoms with van der Waals surface area (Å²) in [7, 11) is 0. The normalized spacial score (nSPS) is 30.9. The van der Waals surface area contributed by atoms with Crippen LogP contribution in [-0.4, -0.2) is 50.3 Å². The molecule has 0 amide bonds. The van der Waals surface area contributed by atoms with Crippen molar-refractivity contribution in [3.8, 4) is 0 Å². The Morgan fingerprint density at radius 3 is 2.50 bits per heavy atom. The minimum absolute atomic E-state index is 0.488. The first-order valence-electron chi connectivity index (χ1n) is 8.91. The zero-order chi connectivity index (χ0) is 13.7. The molecule has 20 heavy (non-hydrogen) atoms. The summed E-state index contributed by atoms with van der Waals surface area (Å²) in [5.41, 5.74) is 0.750. The second-order valence-corrected chi connectivity index (χ2v) is 7.24. The van der Waals surface area contributed by atoms with Crippen LogP contribution in [0, 0.1) is 5.41 Å². The molecule has 0 radical (unpaired) electrons. The average molecular weight is 280 g/mol. The van der Waals surface area contributed by atoms with Gasteiger partial charge in [-0.15, -0.1) is 0 Å². The predicted molar refractivity (Wildman–Crippen MR) is 83.0 cm³/mol. The molecule has 1 aliphatic carbocycles. The number of hydrogen-bond donors (Lipinski definition) is 1. The van der Waals surface area contributed by atoms with Crippen LogP contribution in [0.4, 0.5) is 0 Å². The van der Waals surface area contributed by atoms with Gasteiger partial charge in [0.05, 0.1) is 6.10 Å². The molecule has 1 spiro atoms. The van der Waals surface area contributed by atoms with Crippen LogP contribution in [0.3, 0.4) is 0 Å². The molecule has 3 heteroatoms. The maximum Gasteiger partial charge on any atom is 0.0700 e. The van der Waals surface area contributed by atoms with Gasteiger partial charge in [0.15, 0.2) is 0 Å². The molecule has 0 aromatic rings. The van der Waals surface area contributed by atoms with Gasteiger partial charge in [-0.25, -0.2) is 0 Å². The molecule has 0 aromatic heterocycles. The quantitative estimate of drug-likeness (QED) is 0.784. The monoisotopic (exact) mass is 280 g/mol. The number of ether oxygens (including phenoxy) is 1. The lowest BCUT2D eigenvalue weighted by Crippen LogP contribution is -2.44. The second-order valence-electron chi connectivity index (χ2n) is 7.24. The van der Waals surface area contributed by atoms with Crippen molar-refractivity contribution < 1.29 is 4.74 Å². The van der Waals surface area contributed by atoms with Gasteiger partial charge < -0.3 is 15.0 Å². The standard InChI is InChI=1S/C17H32N2O/c1-2-6-17(7-3-1)8-11-19(12-9-17)13-10-18-15-16-5-4-14-20-16/h16,18H,1-15H2. The van der Waals surface area contributed by atoms with E-state index in [-0.39, 0.29) is 0 Å². The Kier molecular flexibility index (Phi) is 5.36. The molecular weight excluding hydrogens is 248 g/mol. The molecule has 1 saturated carbocycles. The third-order valence-electron chi connectivity index (χ3n) is 5.83. The fraction of sp³-hybridized carbons (Fsp3) is 1.00. The van der Waals surface area contributed by atoms with Gasteiger partial charge in [-0.05, 0) is 57.0 Å². The van der Waals surface area contributed by atoms with Crippen molar-refractivity contribution in [3.05, 3.63) is 0 Å². The zero-order valence-electron chi connectivity index (χ0n) is 13.0. The number of rotatable bonds is 5. The molecule has 0 bridgehead atoms. The fourth-order valence-electron chi connectivity index (χ4n) is 4.36. The van der Waals surface area contributed by atoms with E-state index in [9.17, 15) is 0 Å². The summed E-state index contributed by atoms with van der Waals surface area (Å²) in [6, 6.07) is 0. The summed E-state index contributed by atoms with van der Waals surface area (Å²) in [6.45, 7) is 7.05. The minimum Gasteiger partial charge on any atom is -0.377 e. The molecule has 1 atom stereocenters. The van der Waals surface area contributed by atoms with Crippen LogP contribution in [-0.2, 0) is 4.74 Å². The molecule has 3 aliphatic rings. The minimum atomic E-state index is 0.488. The van der Waals surface area contributed by atoms with Crippen LogP contribution in [0.15, 0.2) is 0 Å². The Balaban J connectivity index is 1.28. The molecular formula is C17H32N2O. The summed E-state index contributed by atoms with van der Waals surface area (Å²) >= 11 is 0. The molecule has 3 rings (SSSR count). The van der Waals surface area contributed by atoms with Crippen molar-refractivity contribution in [3.63, 3.8) is 0 Å². The van der Waals surface area contributed by atoms with Gasteiger partial charge >= 0.3 is 0 Å². The van der Waals surface area contributed by atoms with E-state index in [4.69, 9.17) is 4.74 Å². The SMILES string of the molecule is C1CCC2(CC1)CCN(CCNCC1CCCO1)CC2. The van der Waals surface area contributed by atoms with E-state index in [1.807, 2.05) is 0 Å². The molecule has 3 fully saturated rings. The van der Waals surface area contributed by atoms with Gasteiger partial charge in [0, 0.05) is 26.2 Å². The number of hydrogen-bond acceptors (Lipinski definition) is 3. The molecule has 2 saturated heterocycles. The topological polar surface area (TPSA) is 24.5 Å². The number of nitrogens with one attached hydrogen (secondary N) is 1. The van der Waals surface area contributed by atoms with Crippen molar-refractivity contribution in [2.24, 2.45) is 5.41 Å². The Bertz CT molecular complexity index is 273. The number of piperidine rings is 1. The molecule has 2 heterocycles. The summed E-state index contributed by atoms with van der Waals surface area (Å²) in [4.78, 5) is 2.67. The maximum absolute atomic E-state index is 5.64. The van der Waals surface area contributed by atoms with Gasteiger partial charge in [-0.2, -0.15) is 0 Å². The Hall–Kier alpha value is -0.120. The highest BCUT2D eigenvalue weighted by atomic mass is 16.5. The Morgan fingerprint density at radius 2 is 1.80 bits per heavy atom. The highest BCUT2D eigenvalue weighted by Crippen LogP contribution is 2.44. The van der Waals surface area contributed by atoms with E-state index in [0.717, 1.165) is 25.1 Å². The highest BCUT2D eigenvalue weighted by molar-refractivity contribution is 4.88. The van der Waals surface area contributed by atoms with Gasteiger partial charge in [0.25, 0.3) is 0 Å². The van der Waals surface area contributed by atoms with E-state index in [0.29, 0.717) is 6.10 Å². The molecule has 3 nitrogen and oxygen atoms in total.